The molecule has 0 saturated carbocycles. The number of nitrogens with one attached hydrogen (secondary N) is 2. The molecule has 0 aliphatic heterocycles. The van der Waals surface area contributed by atoms with Gasteiger partial charge in [-0.05, 0) is 43.5 Å². The number of aromatic nitrogens is 3. The van der Waals surface area contributed by atoms with E-state index in [1.54, 1.807) is 0 Å². The van der Waals surface area contributed by atoms with E-state index in [-0.39, 0.29) is 11.7 Å². The summed E-state index contributed by atoms with van der Waals surface area (Å²) < 4.78 is 0. The van der Waals surface area contributed by atoms with E-state index in [9.17, 15) is 4.79 Å². The van der Waals surface area contributed by atoms with Gasteiger partial charge in [0.1, 0.15) is 5.82 Å². The number of carbonyl (C=O) groups is 1. The van der Waals surface area contributed by atoms with Gasteiger partial charge in [-0.25, -0.2) is 4.98 Å². The minimum absolute atomic E-state index is 0.0683. The molecule has 2 aromatic carbocycles. The first-order chi connectivity index (χ1) is 13.0. The lowest BCUT2D eigenvalue weighted by Crippen LogP contribution is -2.16. The summed E-state index contributed by atoms with van der Waals surface area (Å²) >= 11 is 1.31. The maximum absolute atomic E-state index is 12.3. The van der Waals surface area contributed by atoms with Crippen molar-refractivity contribution < 1.29 is 4.79 Å². The van der Waals surface area contributed by atoms with Crippen molar-refractivity contribution in [2.24, 2.45) is 0 Å². The van der Waals surface area contributed by atoms with Crippen molar-refractivity contribution in [2.75, 3.05) is 11.1 Å². The Morgan fingerprint density at radius 1 is 1.11 bits per heavy atom. The van der Waals surface area contributed by atoms with Crippen LogP contribution in [-0.4, -0.2) is 26.8 Å². The highest BCUT2D eigenvalue weighted by Gasteiger charge is 2.10. The second kappa shape index (κ2) is 8.68. The van der Waals surface area contributed by atoms with Gasteiger partial charge in [-0.15, -0.1) is 5.10 Å². The van der Waals surface area contributed by atoms with Crippen LogP contribution in [0.3, 0.4) is 0 Å². The number of hydrogen-bond donors (Lipinski definition) is 2. The number of anilines is 1. The summed E-state index contributed by atoms with van der Waals surface area (Å²) in [5.41, 5.74) is 5.29. The molecule has 2 N–H and O–H groups in total. The third kappa shape index (κ3) is 5.31. The van der Waals surface area contributed by atoms with Crippen LogP contribution in [0.25, 0.3) is 12.2 Å². The minimum Gasteiger partial charge on any atom is -0.325 e. The Balaban J connectivity index is 1.55. The molecule has 0 aliphatic carbocycles. The van der Waals surface area contributed by atoms with Gasteiger partial charge in [0.25, 0.3) is 0 Å². The van der Waals surface area contributed by atoms with Crippen LogP contribution >= 0.6 is 11.8 Å². The zero-order valence-corrected chi connectivity index (χ0v) is 16.4. The first-order valence-electron chi connectivity index (χ1n) is 8.67. The summed E-state index contributed by atoms with van der Waals surface area (Å²) in [4.78, 5) is 16.7. The van der Waals surface area contributed by atoms with Crippen LogP contribution in [0, 0.1) is 20.8 Å². The summed E-state index contributed by atoms with van der Waals surface area (Å²) in [5, 5.41) is 10.6. The van der Waals surface area contributed by atoms with E-state index >= 15 is 0 Å². The summed E-state index contributed by atoms with van der Waals surface area (Å²) in [7, 11) is 0. The van der Waals surface area contributed by atoms with Crippen LogP contribution in [0.15, 0.2) is 47.6 Å². The number of benzene rings is 2. The fourth-order valence-corrected chi connectivity index (χ4v) is 3.42. The minimum atomic E-state index is -0.0683. The number of rotatable bonds is 6. The number of hydrogen-bond acceptors (Lipinski definition) is 4. The largest absolute Gasteiger partial charge is 0.325 e. The first-order valence-corrected chi connectivity index (χ1v) is 9.66. The molecule has 0 spiro atoms. The number of aromatic amines is 1. The molecule has 0 aliphatic rings. The number of aryl methyl sites for hydroxylation is 3. The highest BCUT2D eigenvalue weighted by Crippen LogP contribution is 2.22. The third-order valence-corrected chi connectivity index (χ3v) is 4.84. The number of carbonyl (C=O) groups excluding carboxylic acids is 1. The molecular formula is C21H22N4OS. The number of amides is 1. The predicted molar refractivity (Wildman–Crippen MR) is 112 cm³/mol. The Morgan fingerprint density at radius 2 is 1.81 bits per heavy atom. The standard InChI is InChI=1S/C21H22N4OS/c1-14-11-15(2)20(16(3)12-14)23-19(26)13-27-21-22-18(24-25-21)10-9-17-7-5-4-6-8-17/h4-12H,13H2,1-3H3,(H,23,26)(H,22,24,25)/b10-9+. The highest BCUT2D eigenvalue weighted by molar-refractivity contribution is 7.99. The quantitative estimate of drug-likeness (QED) is 0.614. The molecule has 6 heteroatoms. The average molecular weight is 379 g/mol. The number of H-pyrrole nitrogens is 1. The van der Waals surface area contributed by atoms with E-state index in [0.29, 0.717) is 11.0 Å². The van der Waals surface area contributed by atoms with Crippen LogP contribution < -0.4 is 5.32 Å². The monoisotopic (exact) mass is 378 g/mol. The van der Waals surface area contributed by atoms with Crippen LogP contribution in [0.1, 0.15) is 28.1 Å². The van der Waals surface area contributed by atoms with Crippen LogP contribution in [0.2, 0.25) is 0 Å². The smallest absolute Gasteiger partial charge is 0.234 e. The normalized spacial score (nSPS) is 11.1. The van der Waals surface area contributed by atoms with Gasteiger partial charge in [0.2, 0.25) is 11.1 Å². The van der Waals surface area contributed by atoms with Crippen molar-refractivity contribution in [3.8, 4) is 0 Å². The molecule has 0 fully saturated rings. The number of nitrogens with zero attached hydrogens (tertiary/aromatic N) is 2. The fraction of sp³-hybridized carbons (Fsp3) is 0.190. The van der Waals surface area contributed by atoms with Gasteiger partial charge in [0, 0.05) is 5.69 Å². The van der Waals surface area contributed by atoms with Gasteiger partial charge in [0.05, 0.1) is 5.75 Å². The van der Waals surface area contributed by atoms with Gasteiger partial charge in [-0.1, -0.05) is 65.9 Å². The Hall–Kier alpha value is -2.86. The maximum Gasteiger partial charge on any atom is 0.234 e. The van der Waals surface area contributed by atoms with Crippen molar-refractivity contribution in [1.29, 1.82) is 0 Å². The molecule has 138 valence electrons. The van der Waals surface area contributed by atoms with Gasteiger partial charge < -0.3 is 5.32 Å². The highest BCUT2D eigenvalue weighted by atomic mass is 32.2. The molecule has 3 rings (SSSR count). The Kier molecular flexibility index (Phi) is 6.08. The Bertz CT molecular complexity index is 940. The third-order valence-electron chi connectivity index (χ3n) is 3.99. The van der Waals surface area contributed by atoms with Crippen molar-refractivity contribution >= 4 is 35.5 Å². The first kappa shape index (κ1) is 18.9. The van der Waals surface area contributed by atoms with E-state index in [2.05, 4.69) is 39.6 Å². The molecule has 5 nitrogen and oxygen atoms in total. The van der Waals surface area contributed by atoms with Gasteiger partial charge in [0.15, 0.2) is 0 Å². The SMILES string of the molecule is Cc1cc(C)c(NC(=O)CSc2n[nH]c(/C=C/c3ccccc3)n2)c(C)c1. The van der Waals surface area contributed by atoms with E-state index in [4.69, 9.17) is 0 Å². The summed E-state index contributed by atoms with van der Waals surface area (Å²) in [6, 6.07) is 14.1. The topological polar surface area (TPSA) is 70.7 Å². The van der Waals surface area contributed by atoms with Crippen molar-refractivity contribution in [2.45, 2.75) is 25.9 Å². The van der Waals surface area contributed by atoms with Crippen LogP contribution in [0.4, 0.5) is 5.69 Å². The molecule has 0 bridgehead atoms. The fourth-order valence-electron chi connectivity index (χ4n) is 2.82. The van der Waals surface area contributed by atoms with Gasteiger partial charge in [-0.3, -0.25) is 9.89 Å². The maximum atomic E-state index is 12.3. The van der Waals surface area contributed by atoms with Crippen molar-refractivity contribution in [3.05, 3.63) is 70.5 Å². The summed E-state index contributed by atoms with van der Waals surface area (Å²) in [6.07, 6.45) is 3.83. The average Bonchev–Trinajstić information content (AvgIpc) is 3.10. The zero-order chi connectivity index (χ0) is 19.2. The lowest BCUT2D eigenvalue weighted by molar-refractivity contribution is -0.113. The molecule has 1 heterocycles. The molecule has 27 heavy (non-hydrogen) atoms. The van der Waals surface area contributed by atoms with Gasteiger partial charge in [-0.2, -0.15) is 0 Å². The second-order valence-corrected chi connectivity index (χ2v) is 7.30. The van der Waals surface area contributed by atoms with E-state index < -0.39 is 0 Å². The van der Waals surface area contributed by atoms with E-state index in [1.807, 2.05) is 56.3 Å². The van der Waals surface area contributed by atoms with Gasteiger partial charge >= 0.3 is 0 Å². The predicted octanol–water partition coefficient (Wildman–Crippen LogP) is 4.63. The molecule has 0 saturated heterocycles. The molecule has 0 radical (unpaired) electrons. The molecule has 1 amide bonds. The molecule has 1 aromatic heterocycles. The lowest BCUT2D eigenvalue weighted by atomic mass is 10.1. The molecule has 0 atom stereocenters. The van der Waals surface area contributed by atoms with Crippen molar-refractivity contribution in [1.82, 2.24) is 15.2 Å². The number of thioether (sulfide) groups is 1. The Labute approximate surface area is 163 Å². The zero-order valence-electron chi connectivity index (χ0n) is 15.6. The Morgan fingerprint density at radius 3 is 2.52 bits per heavy atom. The van der Waals surface area contributed by atoms with E-state index in [1.165, 1.54) is 17.3 Å². The second-order valence-electron chi connectivity index (χ2n) is 6.36. The van der Waals surface area contributed by atoms with Crippen LogP contribution in [0.5, 0.6) is 0 Å². The van der Waals surface area contributed by atoms with E-state index in [0.717, 1.165) is 22.4 Å². The lowest BCUT2D eigenvalue weighted by Gasteiger charge is -2.12. The van der Waals surface area contributed by atoms with Crippen molar-refractivity contribution in [3.63, 3.8) is 0 Å². The summed E-state index contributed by atoms with van der Waals surface area (Å²) in [6.45, 7) is 6.06. The molecular weight excluding hydrogens is 356 g/mol. The van der Waals surface area contributed by atoms with Crippen LogP contribution in [-0.2, 0) is 4.79 Å². The molecule has 3 aromatic rings. The summed E-state index contributed by atoms with van der Waals surface area (Å²) in [5.74, 6) is 0.847. The molecule has 0 unspecified atom stereocenters.